The average Bonchev–Trinajstić information content (AvgIpc) is 3.26. The summed E-state index contributed by atoms with van der Waals surface area (Å²) in [5.74, 6) is -0.583. The van der Waals surface area contributed by atoms with E-state index in [1.165, 1.54) is 18.3 Å². The van der Waals surface area contributed by atoms with Crippen molar-refractivity contribution in [3.63, 3.8) is 0 Å². The summed E-state index contributed by atoms with van der Waals surface area (Å²) in [6.07, 6.45) is 2.60. The zero-order valence-electron chi connectivity index (χ0n) is 18.2. The molecular formula is C22H24Cl2FN5O4. The van der Waals surface area contributed by atoms with Crippen LogP contribution in [0.2, 0.25) is 10.0 Å². The third-order valence-corrected chi connectivity index (χ3v) is 6.70. The zero-order chi connectivity index (χ0) is 24.2. The molecule has 12 heteroatoms. The maximum atomic E-state index is 13.3. The second kappa shape index (κ2) is 10.6. The van der Waals surface area contributed by atoms with Crippen molar-refractivity contribution >= 4 is 40.9 Å². The number of carbonyl (C=O) groups is 2. The van der Waals surface area contributed by atoms with E-state index in [4.69, 9.17) is 27.9 Å². The summed E-state index contributed by atoms with van der Waals surface area (Å²) >= 11 is 11.8. The minimum atomic E-state index is -0.516. The van der Waals surface area contributed by atoms with E-state index in [0.29, 0.717) is 56.7 Å². The van der Waals surface area contributed by atoms with Gasteiger partial charge in [-0.15, -0.1) is 0 Å². The summed E-state index contributed by atoms with van der Waals surface area (Å²) in [5.41, 5.74) is 0.701. The lowest BCUT2D eigenvalue weighted by Gasteiger charge is -2.32. The van der Waals surface area contributed by atoms with Gasteiger partial charge in [-0.2, -0.15) is 5.10 Å². The first-order valence-corrected chi connectivity index (χ1v) is 11.7. The molecular weight excluding hydrogens is 488 g/mol. The molecule has 0 aliphatic carbocycles. The lowest BCUT2D eigenvalue weighted by molar-refractivity contribution is -0.131. The molecule has 9 nitrogen and oxygen atoms in total. The fraction of sp³-hybridized carbons (Fsp3) is 0.455. The number of piperidine rings is 1. The molecule has 2 saturated heterocycles. The summed E-state index contributed by atoms with van der Waals surface area (Å²) in [6.45, 7) is 2.01. The number of anilines is 1. The maximum Gasteiger partial charge on any atom is 0.407 e. The number of alkyl carbamates (subject to hydrolysis) is 1. The first-order chi connectivity index (χ1) is 16.3. The van der Waals surface area contributed by atoms with Gasteiger partial charge in [0, 0.05) is 32.1 Å². The lowest BCUT2D eigenvalue weighted by Crippen LogP contribution is -2.47. The molecule has 1 aromatic carbocycles. The minimum Gasteiger partial charge on any atom is -0.444 e. The van der Waals surface area contributed by atoms with Crippen LogP contribution in [0.4, 0.5) is 14.9 Å². The number of H-pyrrole nitrogens is 1. The van der Waals surface area contributed by atoms with Crippen molar-refractivity contribution in [3.8, 4) is 0 Å². The molecule has 1 atom stereocenters. The highest BCUT2D eigenvalue weighted by Gasteiger charge is 2.29. The van der Waals surface area contributed by atoms with Crippen LogP contribution in [0.25, 0.3) is 0 Å². The van der Waals surface area contributed by atoms with Crippen molar-refractivity contribution in [2.75, 3.05) is 31.1 Å². The topological polar surface area (TPSA) is 108 Å². The number of benzene rings is 1. The number of halogens is 3. The molecule has 2 N–H and O–H groups in total. The van der Waals surface area contributed by atoms with E-state index in [-0.39, 0.29) is 34.5 Å². The van der Waals surface area contributed by atoms with Crippen molar-refractivity contribution in [2.45, 2.75) is 37.8 Å². The van der Waals surface area contributed by atoms with Gasteiger partial charge < -0.3 is 19.9 Å². The predicted molar refractivity (Wildman–Crippen MR) is 125 cm³/mol. The van der Waals surface area contributed by atoms with Crippen LogP contribution in [0.15, 0.2) is 29.2 Å². The molecule has 1 aromatic heterocycles. The Morgan fingerprint density at radius 2 is 1.97 bits per heavy atom. The molecule has 3 heterocycles. The van der Waals surface area contributed by atoms with Crippen LogP contribution in [0, 0.1) is 5.82 Å². The normalized spacial score (nSPS) is 18.7. The zero-order valence-corrected chi connectivity index (χ0v) is 19.7. The lowest BCUT2D eigenvalue weighted by atomic mass is 10.0. The Hall–Kier alpha value is -2.85. The fourth-order valence-corrected chi connectivity index (χ4v) is 4.61. The number of amides is 2. The van der Waals surface area contributed by atoms with Gasteiger partial charge in [0.1, 0.15) is 16.9 Å². The quantitative estimate of drug-likeness (QED) is 0.638. The second-order valence-corrected chi connectivity index (χ2v) is 9.17. The summed E-state index contributed by atoms with van der Waals surface area (Å²) < 4.78 is 18.8. The van der Waals surface area contributed by atoms with Crippen LogP contribution in [0.1, 0.15) is 24.8 Å². The van der Waals surface area contributed by atoms with Crippen molar-refractivity contribution in [2.24, 2.45) is 0 Å². The maximum absolute atomic E-state index is 13.3. The molecule has 34 heavy (non-hydrogen) atoms. The summed E-state index contributed by atoms with van der Waals surface area (Å²) in [6, 6.07) is 4.17. The van der Waals surface area contributed by atoms with Crippen LogP contribution in [-0.2, 0) is 16.0 Å². The number of rotatable bonds is 5. The van der Waals surface area contributed by atoms with Crippen LogP contribution in [-0.4, -0.2) is 65.4 Å². The Bertz CT molecular complexity index is 1120. The molecule has 0 unspecified atom stereocenters. The molecule has 0 saturated carbocycles. The number of hydrogen-bond acceptors (Lipinski definition) is 6. The van der Waals surface area contributed by atoms with Crippen LogP contribution < -0.4 is 15.8 Å². The van der Waals surface area contributed by atoms with E-state index in [0.717, 1.165) is 0 Å². The molecule has 0 bridgehead atoms. The van der Waals surface area contributed by atoms with Gasteiger partial charge in [0.25, 0.3) is 5.56 Å². The monoisotopic (exact) mass is 511 g/mol. The molecule has 182 valence electrons. The molecule has 2 fully saturated rings. The first kappa shape index (κ1) is 24.3. The van der Waals surface area contributed by atoms with E-state index in [1.54, 1.807) is 11.0 Å². The Morgan fingerprint density at radius 3 is 2.71 bits per heavy atom. The Labute approximate surface area is 205 Å². The number of nitrogens with zero attached hydrogens (tertiary/aromatic N) is 3. The average molecular weight is 512 g/mol. The summed E-state index contributed by atoms with van der Waals surface area (Å²) in [5, 5.41) is 8.97. The van der Waals surface area contributed by atoms with Gasteiger partial charge in [-0.1, -0.05) is 29.3 Å². The van der Waals surface area contributed by atoms with Gasteiger partial charge in [0.2, 0.25) is 5.91 Å². The standard InChI is InChI=1S/C22H24Cl2FN5O4/c23-16-9-13(1-2-17(16)25)10-19(31)29-6-3-14(4-7-29)27-22(33)34-15-5-8-30(12-15)18-11-26-28-21(32)20(18)24/h1-2,9,11,14-15H,3-8,10,12H2,(H,27,33)(H,28,32)/t15-/m1/s1. The first-order valence-electron chi connectivity index (χ1n) is 11.0. The van der Waals surface area contributed by atoms with Gasteiger partial charge in [-0.25, -0.2) is 14.3 Å². The minimum absolute atomic E-state index is 0.00528. The van der Waals surface area contributed by atoms with Crippen LogP contribution in [0.5, 0.6) is 0 Å². The van der Waals surface area contributed by atoms with E-state index >= 15 is 0 Å². The molecule has 0 radical (unpaired) electrons. The molecule has 4 rings (SSSR count). The largest absolute Gasteiger partial charge is 0.444 e. The van der Waals surface area contributed by atoms with Gasteiger partial charge in [-0.05, 0) is 30.5 Å². The Kier molecular flexibility index (Phi) is 7.57. The number of likely N-dealkylation sites (tertiary alicyclic amines) is 1. The smallest absolute Gasteiger partial charge is 0.407 e. The van der Waals surface area contributed by atoms with Crippen LogP contribution in [0.3, 0.4) is 0 Å². The third-order valence-electron chi connectivity index (χ3n) is 6.05. The number of carbonyl (C=O) groups excluding carboxylic acids is 2. The van der Waals surface area contributed by atoms with Crippen LogP contribution >= 0.6 is 23.2 Å². The number of aromatic amines is 1. The van der Waals surface area contributed by atoms with E-state index in [2.05, 4.69) is 15.5 Å². The number of aromatic nitrogens is 2. The van der Waals surface area contributed by atoms with E-state index in [1.807, 2.05) is 4.90 Å². The molecule has 2 aromatic rings. The van der Waals surface area contributed by atoms with Crippen molar-refractivity contribution in [3.05, 3.63) is 56.2 Å². The summed E-state index contributed by atoms with van der Waals surface area (Å²) in [4.78, 5) is 40.2. The van der Waals surface area contributed by atoms with Crippen molar-refractivity contribution < 1.29 is 18.7 Å². The van der Waals surface area contributed by atoms with Crippen molar-refractivity contribution in [1.82, 2.24) is 20.4 Å². The molecule has 2 amide bonds. The molecule has 2 aliphatic heterocycles. The second-order valence-electron chi connectivity index (χ2n) is 8.38. The number of nitrogens with one attached hydrogen (secondary N) is 2. The predicted octanol–water partition coefficient (Wildman–Crippen LogP) is 2.75. The van der Waals surface area contributed by atoms with Gasteiger partial charge in [0.05, 0.1) is 29.9 Å². The highest BCUT2D eigenvalue weighted by molar-refractivity contribution is 6.33. The number of ether oxygens (including phenoxy) is 1. The van der Waals surface area contributed by atoms with Gasteiger partial charge in [0.15, 0.2) is 0 Å². The van der Waals surface area contributed by atoms with E-state index < -0.39 is 17.5 Å². The van der Waals surface area contributed by atoms with Gasteiger partial charge in [-0.3, -0.25) is 9.59 Å². The summed E-state index contributed by atoms with van der Waals surface area (Å²) in [7, 11) is 0. The SMILES string of the molecule is O=C(NC1CCN(C(=O)Cc2ccc(F)c(Cl)c2)CC1)O[C@@H]1CCN(c2cn[nH]c(=O)c2Cl)C1. The Morgan fingerprint density at radius 1 is 1.21 bits per heavy atom. The highest BCUT2D eigenvalue weighted by Crippen LogP contribution is 2.26. The number of hydrogen-bond donors (Lipinski definition) is 2. The molecule has 0 spiro atoms. The van der Waals surface area contributed by atoms with E-state index in [9.17, 15) is 18.8 Å². The highest BCUT2D eigenvalue weighted by atomic mass is 35.5. The fourth-order valence-electron chi connectivity index (χ4n) is 4.20. The molecule has 2 aliphatic rings. The Balaban J connectivity index is 1.20. The third kappa shape index (κ3) is 5.79. The van der Waals surface area contributed by atoms with Gasteiger partial charge >= 0.3 is 6.09 Å². The van der Waals surface area contributed by atoms with Crippen molar-refractivity contribution in [1.29, 1.82) is 0 Å².